The standard InChI is InChI=1S/C8H18N2/c1-3-8(4-2)6-10-5-7(8)9/h7,10H,3-6,9H2,1-2H3. The van der Waals surface area contributed by atoms with Crippen LogP contribution in [-0.2, 0) is 0 Å². The molecule has 0 bridgehead atoms. The van der Waals surface area contributed by atoms with Crippen LogP contribution in [0.4, 0.5) is 0 Å². The first-order chi connectivity index (χ1) is 4.75. The Morgan fingerprint density at radius 3 is 2.30 bits per heavy atom. The van der Waals surface area contributed by atoms with Crippen LogP contribution in [0.1, 0.15) is 26.7 Å². The SMILES string of the molecule is CCC1(CC)CNCC1N. The summed E-state index contributed by atoms with van der Waals surface area (Å²) >= 11 is 0. The van der Waals surface area contributed by atoms with Gasteiger partial charge < -0.3 is 11.1 Å². The van der Waals surface area contributed by atoms with Crippen LogP contribution in [0.2, 0.25) is 0 Å². The zero-order chi connectivity index (χ0) is 7.61. The van der Waals surface area contributed by atoms with E-state index in [4.69, 9.17) is 5.73 Å². The summed E-state index contributed by atoms with van der Waals surface area (Å²) in [5.41, 5.74) is 6.38. The molecule has 0 aromatic rings. The van der Waals surface area contributed by atoms with Gasteiger partial charge in [0, 0.05) is 19.1 Å². The fourth-order valence-electron chi connectivity index (χ4n) is 1.85. The van der Waals surface area contributed by atoms with Gasteiger partial charge in [-0.25, -0.2) is 0 Å². The Labute approximate surface area is 63.2 Å². The van der Waals surface area contributed by atoms with Crippen molar-refractivity contribution in [3.63, 3.8) is 0 Å². The summed E-state index contributed by atoms with van der Waals surface area (Å²) in [5, 5.41) is 3.34. The highest BCUT2D eigenvalue weighted by atomic mass is 15.0. The molecule has 0 radical (unpaired) electrons. The van der Waals surface area contributed by atoms with E-state index in [0.717, 1.165) is 13.1 Å². The molecular formula is C8H18N2. The van der Waals surface area contributed by atoms with Gasteiger partial charge in [-0.3, -0.25) is 0 Å². The van der Waals surface area contributed by atoms with E-state index in [1.165, 1.54) is 12.8 Å². The van der Waals surface area contributed by atoms with Crippen LogP contribution in [0.5, 0.6) is 0 Å². The average Bonchev–Trinajstić information content (AvgIpc) is 2.32. The minimum absolute atomic E-state index is 0.377. The average molecular weight is 142 g/mol. The van der Waals surface area contributed by atoms with Gasteiger partial charge in [-0.15, -0.1) is 0 Å². The van der Waals surface area contributed by atoms with Gasteiger partial charge in [0.1, 0.15) is 0 Å². The van der Waals surface area contributed by atoms with Gasteiger partial charge >= 0.3 is 0 Å². The van der Waals surface area contributed by atoms with Gasteiger partial charge in [0.25, 0.3) is 0 Å². The quantitative estimate of drug-likeness (QED) is 0.596. The van der Waals surface area contributed by atoms with Gasteiger partial charge in [-0.05, 0) is 18.3 Å². The van der Waals surface area contributed by atoms with Crippen molar-refractivity contribution in [1.29, 1.82) is 0 Å². The van der Waals surface area contributed by atoms with Crippen LogP contribution in [0, 0.1) is 5.41 Å². The first-order valence-corrected chi connectivity index (χ1v) is 4.21. The molecule has 0 spiro atoms. The smallest absolute Gasteiger partial charge is 0.0234 e. The number of rotatable bonds is 2. The molecule has 0 aromatic heterocycles. The van der Waals surface area contributed by atoms with E-state index in [1.54, 1.807) is 0 Å². The molecule has 1 unspecified atom stereocenters. The fourth-order valence-corrected chi connectivity index (χ4v) is 1.85. The second-order valence-electron chi connectivity index (χ2n) is 3.31. The minimum Gasteiger partial charge on any atom is -0.326 e. The van der Waals surface area contributed by atoms with Gasteiger partial charge in [0.05, 0.1) is 0 Å². The Kier molecular flexibility index (Phi) is 2.32. The number of hydrogen-bond acceptors (Lipinski definition) is 2. The van der Waals surface area contributed by atoms with Crippen molar-refractivity contribution in [1.82, 2.24) is 5.32 Å². The van der Waals surface area contributed by atoms with Crippen LogP contribution in [-0.4, -0.2) is 19.1 Å². The highest BCUT2D eigenvalue weighted by molar-refractivity contribution is 4.95. The number of hydrogen-bond donors (Lipinski definition) is 2. The summed E-state index contributed by atoms with van der Waals surface area (Å²) in [5.74, 6) is 0. The van der Waals surface area contributed by atoms with Gasteiger partial charge in [-0.1, -0.05) is 13.8 Å². The van der Waals surface area contributed by atoms with Crippen molar-refractivity contribution in [2.24, 2.45) is 11.1 Å². The number of nitrogens with two attached hydrogens (primary N) is 1. The summed E-state index contributed by atoms with van der Waals surface area (Å²) in [6, 6.07) is 0.377. The third kappa shape index (κ3) is 1.06. The Bertz CT molecular complexity index is 108. The maximum atomic E-state index is 5.97. The van der Waals surface area contributed by atoms with E-state index in [-0.39, 0.29) is 0 Å². The van der Waals surface area contributed by atoms with Crippen molar-refractivity contribution in [3.8, 4) is 0 Å². The molecule has 2 nitrogen and oxygen atoms in total. The minimum atomic E-state index is 0.377. The molecule has 1 aliphatic rings. The zero-order valence-electron chi connectivity index (χ0n) is 6.98. The maximum absolute atomic E-state index is 5.97. The van der Waals surface area contributed by atoms with E-state index >= 15 is 0 Å². The topological polar surface area (TPSA) is 38.0 Å². The molecule has 1 atom stereocenters. The Morgan fingerprint density at radius 2 is 2.10 bits per heavy atom. The first kappa shape index (κ1) is 8.02. The highest BCUT2D eigenvalue weighted by Crippen LogP contribution is 2.31. The van der Waals surface area contributed by atoms with Gasteiger partial charge in [0.15, 0.2) is 0 Å². The molecular weight excluding hydrogens is 124 g/mol. The van der Waals surface area contributed by atoms with Crippen molar-refractivity contribution < 1.29 is 0 Å². The Hall–Kier alpha value is -0.0800. The van der Waals surface area contributed by atoms with E-state index < -0.39 is 0 Å². The van der Waals surface area contributed by atoms with Crippen molar-refractivity contribution in [2.45, 2.75) is 32.7 Å². The van der Waals surface area contributed by atoms with Crippen LogP contribution in [0.15, 0.2) is 0 Å². The van der Waals surface area contributed by atoms with Crippen molar-refractivity contribution in [2.75, 3.05) is 13.1 Å². The highest BCUT2D eigenvalue weighted by Gasteiger charge is 2.37. The van der Waals surface area contributed by atoms with Crippen LogP contribution < -0.4 is 11.1 Å². The molecule has 1 aliphatic heterocycles. The normalized spacial score (nSPS) is 30.9. The van der Waals surface area contributed by atoms with Gasteiger partial charge in [0.2, 0.25) is 0 Å². The summed E-state index contributed by atoms with van der Waals surface area (Å²) < 4.78 is 0. The van der Waals surface area contributed by atoms with Crippen LogP contribution >= 0.6 is 0 Å². The molecule has 60 valence electrons. The molecule has 2 heteroatoms. The number of nitrogens with one attached hydrogen (secondary N) is 1. The Balaban J connectivity index is 2.61. The molecule has 3 N–H and O–H groups in total. The second kappa shape index (κ2) is 2.89. The monoisotopic (exact) mass is 142 g/mol. The van der Waals surface area contributed by atoms with E-state index in [0.29, 0.717) is 11.5 Å². The van der Waals surface area contributed by atoms with Crippen molar-refractivity contribution >= 4 is 0 Å². The largest absolute Gasteiger partial charge is 0.326 e. The molecule has 0 saturated carbocycles. The van der Waals surface area contributed by atoms with Crippen LogP contribution in [0.3, 0.4) is 0 Å². The van der Waals surface area contributed by atoms with E-state index in [1.807, 2.05) is 0 Å². The first-order valence-electron chi connectivity index (χ1n) is 4.21. The summed E-state index contributed by atoms with van der Waals surface area (Å²) in [6.07, 6.45) is 2.41. The molecule has 1 saturated heterocycles. The lowest BCUT2D eigenvalue weighted by molar-refractivity contribution is 0.262. The molecule has 1 heterocycles. The zero-order valence-corrected chi connectivity index (χ0v) is 6.98. The van der Waals surface area contributed by atoms with Gasteiger partial charge in [-0.2, -0.15) is 0 Å². The summed E-state index contributed by atoms with van der Waals surface area (Å²) in [4.78, 5) is 0. The van der Waals surface area contributed by atoms with E-state index in [2.05, 4.69) is 19.2 Å². The maximum Gasteiger partial charge on any atom is 0.0234 e. The molecule has 0 amide bonds. The molecule has 1 fully saturated rings. The lowest BCUT2D eigenvalue weighted by atomic mass is 9.78. The van der Waals surface area contributed by atoms with E-state index in [9.17, 15) is 0 Å². The molecule has 0 aliphatic carbocycles. The molecule has 0 aromatic carbocycles. The predicted molar refractivity (Wildman–Crippen MR) is 43.9 cm³/mol. The predicted octanol–water partition coefficient (Wildman–Crippen LogP) is 0.723. The second-order valence-corrected chi connectivity index (χ2v) is 3.31. The van der Waals surface area contributed by atoms with Crippen molar-refractivity contribution in [3.05, 3.63) is 0 Å². The fraction of sp³-hybridized carbons (Fsp3) is 1.00. The summed E-state index contributed by atoms with van der Waals surface area (Å²) in [6.45, 7) is 6.58. The lowest BCUT2D eigenvalue weighted by Crippen LogP contribution is -2.39. The Morgan fingerprint density at radius 1 is 1.50 bits per heavy atom. The lowest BCUT2D eigenvalue weighted by Gasteiger charge is -2.29. The third-order valence-electron chi connectivity index (χ3n) is 3.04. The third-order valence-corrected chi connectivity index (χ3v) is 3.04. The molecule has 1 rings (SSSR count). The summed E-state index contributed by atoms with van der Waals surface area (Å²) in [7, 11) is 0. The van der Waals surface area contributed by atoms with Crippen LogP contribution in [0.25, 0.3) is 0 Å². The molecule has 10 heavy (non-hydrogen) atoms.